The molecule has 0 aliphatic carbocycles. The van der Waals surface area contributed by atoms with Gasteiger partial charge in [0, 0.05) is 13.1 Å². The molecule has 1 amide bonds. The molecule has 0 fully saturated rings. The quantitative estimate of drug-likeness (QED) is 0.777. The van der Waals surface area contributed by atoms with E-state index in [9.17, 15) is 9.59 Å². The van der Waals surface area contributed by atoms with E-state index in [2.05, 4.69) is 10.1 Å². The highest BCUT2D eigenvalue weighted by Crippen LogP contribution is 2.06. The first-order chi connectivity index (χ1) is 9.95. The number of likely N-dealkylation sites (N-methyl/N-ethyl adjacent to an activating group) is 1. The molecule has 1 rings (SSSR count). The lowest BCUT2D eigenvalue weighted by Gasteiger charge is -2.23. The number of halogens is 1. The van der Waals surface area contributed by atoms with Crippen LogP contribution in [0.5, 0.6) is 0 Å². The van der Waals surface area contributed by atoms with Crippen LogP contribution in [0.4, 0.5) is 0 Å². The van der Waals surface area contributed by atoms with Gasteiger partial charge in [0.05, 0.1) is 19.6 Å². The number of ether oxygens (including phenoxy) is 1. The molecule has 124 valence electrons. The Bertz CT molecular complexity index is 494. The van der Waals surface area contributed by atoms with Crippen LogP contribution in [0.1, 0.15) is 24.5 Å². The van der Waals surface area contributed by atoms with Gasteiger partial charge < -0.3 is 10.1 Å². The zero-order chi connectivity index (χ0) is 15.8. The van der Waals surface area contributed by atoms with Crippen LogP contribution >= 0.6 is 12.4 Å². The minimum absolute atomic E-state index is 0. The Hall–Kier alpha value is -1.59. The number of nitrogens with zero attached hydrogens (tertiary/aromatic N) is 1. The van der Waals surface area contributed by atoms with E-state index in [0.717, 1.165) is 11.1 Å². The molecule has 0 saturated carbocycles. The highest BCUT2D eigenvalue weighted by atomic mass is 35.5. The molecular weight excluding hydrogens is 304 g/mol. The van der Waals surface area contributed by atoms with Crippen LogP contribution < -0.4 is 5.32 Å². The summed E-state index contributed by atoms with van der Waals surface area (Å²) in [7, 11) is 3.18. The first-order valence-electron chi connectivity index (χ1n) is 7.05. The van der Waals surface area contributed by atoms with Crippen molar-refractivity contribution in [3.63, 3.8) is 0 Å². The molecule has 0 saturated heterocycles. The standard InChI is InChI=1S/C16H24N2O3.ClH/c1-12-7-5-6-8-14(12)11-17-16(20)13(2)18(3)10-9-15(19)21-4;/h5-8,13H,9-11H2,1-4H3,(H,17,20);1H. The lowest BCUT2D eigenvalue weighted by atomic mass is 10.1. The predicted octanol–water partition coefficient (Wildman–Crippen LogP) is 1.92. The van der Waals surface area contributed by atoms with E-state index >= 15 is 0 Å². The summed E-state index contributed by atoms with van der Waals surface area (Å²) in [5.41, 5.74) is 2.26. The van der Waals surface area contributed by atoms with Crippen molar-refractivity contribution in [1.29, 1.82) is 0 Å². The molecule has 1 aromatic rings. The second-order valence-corrected chi connectivity index (χ2v) is 5.13. The SMILES string of the molecule is COC(=O)CCN(C)C(C)C(=O)NCc1ccccc1C.Cl. The number of carbonyl (C=O) groups excluding carboxylic acids is 2. The molecule has 1 unspecified atom stereocenters. The maximum absolute atomic E-state index is 12.1. The van der Waals surface area contributed by atoms with Gasteiger partial charge in [0.2, 0.25) is 5.91 Å². The van der Waals surface area contributed by atoms with Crippen LogP contribution in [-0.4, -0.2) is 43.5 Å². The van der Waals surface area contributed by atoms with Gasteiger partial charge >= 0.3 is 5.97 Å². The van der Waals surface area contributed by atoms with Crippen molar-refractivity contribution in [3.05, 3.63) is 35.4 Å². The molecular formula is C16H25ClN2O3. The summed E-state index contributed by atoms with van der Waals surface area (Å²) in [5, 5.41) is 2.93. The van der Waals surface area contributed by atoms with Crippen molar-refractivity contribution in [2.75, 3.05) is 20.7 Å². The largest absolute Gasteiger partial charge is 0.469 e. The average Bonchev–Trinajstić information content (AvgIpc) is 2.50. The average molecular weight is 329 g/mol. The molecule has 0 aliphatic heterocycles. The molecule has 0 heterocycles. The molecule has 5 nitrogen and oxygen atoms in total. The van der Waals surface area contributed by atoms with Crippen LogP contribution in [0.25, 0.3) is 0 Å². The molecule has 0 radical (unpaired) electrons. The molecule has 1 N–H and O–H groups in total. The normalized spacial score (nSPS) is 11.5. The van der Waals surface area contributed by atoms with Crippen LogP contribution in [0, 0.1) is 6.92 Å². The first-order valence-corrected chi connectivity index (χ1v) is 7.05. The lowest BCUT2D eigenvalue weighted by molar-refractivity contribution is -0.141. The number of amides is 1. The number of benzene rings is 1. The Kier molecular flexibility index (Phi) is 9.45. The molecule has 22 heavy (non-hydrogen) atoms. The van der Waals surface area contributed by atoms with E-state index in [1.165, 1.54) is 7.11 Å². The lowest BCUT2D eigenvalue weighted by Crippen LogP contribution is -2.43. The van der Waals surface area contributed by atoms with Gasteiger partial charge in [0.25, 0.3) is 0 Å². The van der Waals surface area contributed by atoms with Gasteiger partial charge in [0.1, 0.15) is 0 Å². The van der Waals surface area contributed by atoms with Crippen molar-refractivity contribution >= 4 is 24.3 Å². The van der Waals surface area contributed by atoms with Gasteiger partial charge in [-0.1, -0.05) is 24.3 Å². The third-order valence-electron chi connectivity index (χ3n) is 3.65. The van der Waals surface area contributed by atoms with Gasteiger partial charge in [-0.3, -0.25) is 14.5 Å². The van der Waals surface area contributed by atoms with Gasteiger partial charge in [-0.05, 0) is 32.0 Å². The highest BCUT2D eigenvalue weighted by Gasteiger charge is 2.18. The Labute approximate surface area is 138 Å². The monoisotopic (exact) mass is 328 g/mol. The Morgan fingerprint density at radius 3 is 2.55 bits per heavy atom. The van der Waals surface area contributed by atoms with Crippen molar-refractivity contribution in [2.45, 2.75) is 32.9 Å². The van der Waals surface area contributed by atoms with Gasteiger partial charge in [0.15, 0.2) is 0 Å². The topological polar surface area (TPSA) is 58.6 Å². The number of aryl methyl sites for hydroxylation is 1. The number of methoxy groups -OCH3 is 1. The summed E-state index contributed by atoms with van der Waals surface area (Å²) in [6.07, 6.45) is 0.280. The Morgan fingerprint density at radius 1 is 1.32 bits per heavy atom. The van der Waals surface area contributed by atoms with E-state index in [-0.39, 0.29) is 36.7 Å². The molecule has 6 heteroatoms. The van der Waals surface area contributed by atoms with Crippen LogP contribution in [0.2, 0.25) is 0 Å². The molecule has 1 aromatic carbocycles. The van der Waals surface area contributed by atoms with Gasteiger partial charge in [-0.15, -0.1) is 12.4 Å². The zero-order valence-electron chi connectivity index (χ0n) is 13.6. The molecule has 0 aromatic heterocycles. The van der Waals surface area contributed by atoms with Crippen molar-refractivity contribution in [1.82, 2.24) is 10.2 Å². The third kappa shape index (κ3) is 6.45. The number of esters is 1. The molecule has 1 atom stereocenters. The Morgan fingerprint density at radius 2 is 1.95 bits per heavy atom. The fourth-order valence-electron chi connectivity index (χ4n) is 1.90. The summed E-state index contributed by atoms with van der Waals surface area (Å²) >= 11 is 0. The number of hydrogen-bond donors (Lipinski definition) is 1. The van der Waals surface area contributed by atoms with Crippen molar-refractivity contribution in [2.24, 2.45) is 0 Å². The fraction of sp³-hybridized carbons (Fsp3) is 0.500. The summed E-state index contributed by atoms with van der Waals surface area (Å²) in [6, 6.07) is 7.66. The highest BCUT2D eigenvalue weighted by molar-refractivity contribution is 5.85. The number of rotatable bonds is 7. The second kappa shape index (κ2) is 10.2. The predicted molar refractivity (Wildman–Crippen MR) is 89.0 cm³/mol. The maximum Gasteiger partial charge on any atom is 0.306 e. The molecule has 0 spiro atoms. The van der Waals surface area contributed by atoms with Crippen LogP contribution in [0.3, 0.4) is 0 Å². The zero-order valence-corrected chi connectivity index (χ0v) is 14.4. The number of nitrogens with one attached hydrogen (secondary N) is 1. The van der Waals surface area contributed by atoms with Crippen LogP contribution in [0.15, 0.2) is 24.3 Å². The maximum atomic E-state index is 12.1. The van der Waals surface area contributed by atoms with E-state index < -0.39 is 0 Å². The number of hydrogen-bond acceptors (Lipinski definition) is 4. The van der Waals surface area contributed by atoms with E-state index in [1.807, 2.05) is 50.1 Å². The number of carbonyl (C=O) groups is 2. The van der Waals surface area contributed by atoms with E-state index in [0.29, 0.717) is 13.1 Å². The molecule has 0 bridgehead atoms. The van der Waals surface area contributed by atoms with E-state index in [4.69, 9.17) is 0 Å². The summed E-state index contributed by atoms with van der Waals surface area (Å²) in [5.74, 6) is -0.319. The Balaban J connectivity index is 0.00000441. The minimum atomic E-state index is -0.293. The van der Waals surface area contributed by atoms with Crippen molar-refractivity contribution in [3.8, 4) is 0 Å². The third-order valence-corrected chi connectivity index (χ3v) is 3.65. The summed E-state index contributed by atoms with van der Waals surface area (Å²) in [6.45, 7) is 4.85. The van der Waals surface area contributed by atoms with E-state index in [1.54, 1.807) is 0 Å². The summed E-state index contributed by atoms with van der Waals surface area (Å²) < 4.78 is 4.59. The minimum Gasteiger partial charge on any atom is -0.469 e. The van der Waals surface area contributed by atoms with Gasteiger partial charge in [-0.2, -0.15) is 0 Å². The fourth-order valence-corrected chi connectivity index (χ4v) is 1.90. The van der Waals surface area contributed by atoms with Gasteiger partial charge in [-0.25, -0.2) is 0 Å². The molecule has 0 aliphatic rings. The van der Waals surface area contributed by atoms with Crippen LogP contribution in [-0.2, 0) is 20.9 Å². The van der Waals surface area contributed by atoms with Crippen molar-refractivity contribution < 1.29 is 14.3 Å². The second-order valence-electron chi connectivity index (χ2n) is 5.13. The first kappa shape index (κ1) is 20.4. The smallest absolute Gasteiger partial charge is 0.306 e. The summed E-state index contributed by atoms with van der Waals surface area (Å²) in [4.78, 5) is 25.1.